The molecule has 0 fully saturated rings. The molecule has 2 rings (SSSR count). The summed E-state index contributed by atoms with van der Waals surface area (Å²) in [4.78, 5) is 4.25. The van der Waals surface area contributed by atoms with Crippen LogP contribution >= 0.6 is 11.6 Å². The van der Waals surface area contributed by atoms with E-state index in [0.717, 1.165) is 11.0 Å². The fraction of sp³-hybridized carbons (Fsp3) is 0.364. The average molecular weight is 240 g/mol. The zero-order chi connectivity index (χ0) is 11.7. The zero-order valence-corrected chi connectivity index (χ0v) is 10.0. The van der Waals surface area contributed by atoms with E-state index in [1.165, 1.54) is 0 Å². The first-order valence-electron chi connectivity index (χ1n) is 5.06. The maximum Gasteiger partial charge on any atom is 0.201 e. The minimum atomic E-state index is 0.0821. The highest BCUT2D eigenvalue weighted by molar-refractivity contribution is 6.35. The van der Waals surface area contributed by atoms with Crippen molar-refractivity contribution in [3.63, 3.8) is 0 Å². The summed E-state index contributed by atoms with van der Waals surface area (Å²) in [6.45, 7) is 2.65. The Balaban J connectivity index is 2.52. The molecular formula is C11H14ClN3O. The lowest BCUT2D eigenvalue weighted by atomic mass is 10.3. The third-order valence-electron chi connectivity index (χ3n) is 2.60. The second-order valence-corrected chi connectivity index (χ2v) is 4.14. The minimum Gasteiger partial charge on any atom is -0.380 e. The predicted molar refractivity (Wildman–Crippen MR) is 65.6 cm³/mol. The van der Waals surface area contributed by atoms with Gasteiger partial charge in [-0.1, -0.05) is 17.7 Å². The van der Waals surface area contributed by atoms with Crippen LogP contribution in [0.3, 0.4) is 0 Å². The molecule has 1 atom stereocenters. The van der Waals surface area contributed by atoms with Crippen molar-refractivity contribution in [3.05, 3.63) is 23.2 Å². The SMILES string of the molecule is COC(C)Cn1c(N)nc2c(Cl)cccc21. The first kappa shape index (κ1) is 11.2. The lowest BCUT2D eigenvalue weighted by molar-refractivity contribution is 0.105. The fourth-order valence-electron chi connectivity index (χ4n) is 1.65. The summed E-state index contributed by atoms with van der Waals surface area (Å²) in [6, 6.07) is 5.65. The van der Waals surface area contributed by atoms with Gasteiger partial charge in [-0.2, -0.15) is 0 Å². The van der Waals surface area contributed by atoms with E-state index in [0.29, 0.717) is 17.5 Å². The predicted octanol–water partition coefficient (Wildman–Crippen LogP) is 2.31. The Hall–Kier alpha value is -1.26. The van der Waals surface area contributed by atoms with Crippen molar-refractivity contribution in [2.24, 2.45) is 0 Å². The first-order chi connectivity index (χ1) is 7.63. The quantitative estimate of drug-likeness (QED) is 0.894. The topological polar surface area (TPSA) is 53.1 Å². The third-order valence-corrected chi connectivity index (χ3v) is 2.91. The summed E-state index contributed by atoms with van der Waals surface area (Å²) < 4.78 is 7.13. The van der Waals surface area contributed by atoms with Crippen LogP contribution in [0.5, 0.6) is 0 Å². The molecule has 0 aliphatic rings. The minimum absolute atomic E-state index is 0.0821. The third kappa shape index (κ3) is 1.86. The van der Waals surface area contributed by atoms with Crippen LogP contribution in [0.15, 0.2) is 18.2 Å². The van der Waals surface area contributed by atoms with E-state index >= 15 is 0 Å². The van der Waals surface area contributed by atoms with E-state index in [9.17, 15) is 0 Å². The van der Waals surface area contributed by atoms with Crippen molar-refractivity contribution in [1.82, 2.24) is 9.55 Å². The van der Waals surface area contributed by atoms with Gasteiger partial charge in [0.1, 0.15) is 5.52 Å². The van der Waals surface area contributed by atoms with Crippen LogP contribution in [0.1, 0.15) is 6.92 Å². The van der Waals surface area contributed by atoms with Gasteiger partial charge in [0.25, 0.3) is 0 Å². The number of nitrogen functional groups attached to an aromatic ring is 1. The Morgan fingerprint density at radius 3 is 3.00 bits per heavy atom. The van der Waals surface area contributed by atoms with E-state index in [4.69, 9.17) is 22.1 Å². The van der Waals surface area contributed by atoms with E-state index in [1.807, 2.05) is 23.6 Å². The molecule has 0 saturated carbocycles. The largest absolute Gasteiger partial charge is 0.380 e. The van der Waals surface area contributed by atoms with Crippen LogP contribution in [0.4, 0.5) is 5.95 Å². The number of halogens is 1. The molecule has 0 bridgehead atoms. The van der Waals surface area contributed by atoms with E-state index in [1.54, 1.807) is 13.2 Å². The molecule has 2 N–H and O–H groups in total. The summed E-state index contributed by atoms with van der Waals surface area (Å²) in [6.07, 6.45) is 0.0821. The average Bonchev–Trinajstić information content (AvgIpc) is 2.58. The number of nitrogens with zero attached hydrogens (tertiary/aromatic N) is 2. The molecule has 0 radical (unpaired) electrons. The highest BCUT2D eigenvalue weighted by Crippen LogP contribution is 2.25. The Labute approximate surface area is 99.0 Å². The molecule has 4 nitrogen and oxygen atoms in total. The molecule has 5 heteroatoms. The summed E-state index contributed by atoms with van der Waals surface area (Å²) >= 11 is 6.05. The molecule has 1 aromatic heterocycles. The number of hydrogen-bond acceptors (Lipinski definition) is 3. The molecule has 0 saturated heterocycles. The maximum atomic E-state index is 6.05. The van der Waals surface area contributed by atoms with Gasteiger partial charge in [-0.15, -0.1) is 0 Å². The van der Waals surface area contributed by atoms with Crippen molar-refractivity contribution < 1.29 is 4.74 Å². The van der Waals surface area contributed by atoms with E-state index < -0.39 is 0 Å². The van der Waals surface area contributed by atoms with Crippen molar-refractivity contribution >= 4 is 28.6 Å². The Kier molecular flexibility index (Phi) is 3.03. The standard InChI is InChI=1S/C11H14ClN3O/c1-7(16-2)6-15-9-5-3-4-8(12)10(9)14-11(15)13/h3-5,7H,6H2,1-2H3,(H2,13,14). The van der Waals surface area contributed by atoms with Gasteiger partial charge in [0.2, 0.25) is 5.95 Å². The van der Waals surface area contributed by atoms with Gasteiger partial charge < -0.3 is 15.0 Å². The Bertz CT molecular complexity index is 509. The molecule has 2 aromatic rings. The highest BCUT2D eigenvalue weighted by atomic mass is 35.5. The van der Waals surface area contributed by atoms with Crippen molar-refractivity contribution in [2.75, 3.05) is 12.8 Å². The summed E-state index contributed by atoms with van der Waals surface area (Å²) in [5.41, 5.74) is 7.54. The first-order valence-corrected chi connectivity index (χ1v) is 5.44. The van der Waals surface area contributed by atoms with Gasteiger partial charge in [0.05, 0.1) is 23.2 Å². The van der Waals surface area contributed by atoms with Gasteiger partial charge in [-0.05, 0) is 19.1 Å². The van der Waals surface area contributed by atoms with Crippen molar-refractivity contribution in [1.29, 1.82) is 0 Å². The van der Waals surface area contributed by atoms with Gasteiger partial charge in [-0.3, -0.25) is 0 Å². The molecule has 1 unspecified atom stereocenters. The number of rotatable bonds is 3. The number of nitrogens with two attached hydrogens (primary N) is 1. The lowest BCUT2D eigenvalue weighted by Gasteiger charge is -2.12. The molecule has 0 aliphatic heterocycles. The van der Waals surface area contributed by atoms with Crippen LogP contribution in [0.25, 0.3) is 11.0 Å². The summed E-state index contributed by atoms with van der Waals surface area (Å²) in [5, 5.41) is 0.619. The number of imidazole rings is 1. The number of para-hydroxylation sites is 1. The molecule has 0 spiro atoms. The van der Waals surface area contributed by atoms with E-state index in [2.05, 4.69) is 4.98 Å². The van der Waals surface area contributed by atoms with Crippen LogP contribution in [0, 0.1) is 0 Å². The molecular weight excluding hydrogens is 226 g/mol. The lowest BCUT2D eigenvalue weighted by Crippen LogP contribution is -2.16. The van der Waals surface area contributed by atoms with Gasteiger partial charge >= 0.3 is 0 Å². The Morgan fingerprint density at radius 1 is 1.56 bits per heavy atom. The van der Waals surface area contributed by atoms with Crippen molar-refractivity contribution in [3.8, 4) is 0 Å². The molecule has 0 amide bonds. The molecule has 86 valence electrons. The maximum absolute atomic E-state index is 6.05. The van der Waals surface area contributed by atoms with Crippen LogP contribution in [-0.2, 0) is 11.3 Å². The van der Waals surface area contributed by atoms with Crippen LogP contribution in [-0.4, -0.2) is 22.8 Å². The second-order valence-electron chi connectivity index (χ2n) is 3.73. The van der Waals surface area contributed by atoms with Gasteiger partial charge in [-0.25, -0.2) is 4.98 Å². The number of anilines is 1. The zero-order valence-electron chi connectivity index (χ0n) is 9.27. The molecule has 16 heavy (non-hydrogen) atoms. The number of benzene rings is 1. The number of ether oxygens (including phenoxy) is 1. The number of methoxy groups -OCH3 is 1. The molecule has 0 aliphatic carbocycles. The van der Waals surface area contributed by atoms with E-state index in [-0.39, 0.29) is 6.10 Å². The number of hydrogen-bond donors (Lipinski definition) is 1. The van der Waals surface area contributed by atoms with Crippen LogP contribution < -0.4 is 5.73 Å². The number of fused-ring (bicyclic) bond motifs is 1. The second kappa shape index (κ2) is 4.31. The molecule has 1 heterocycles. The van der Waals surface area contributed by atoms with Gasteiger partial charge in [0.15, 0.2) is 0 Å². The van der Waals surface area contributed by atoms with Crippen LogP contribution in [0.2, 0.25) is 5.02 Å². The monoisotopic (exact) mass is 239 g/mol. The smallest absolute Gasteiger partial charge is 0.201 e. The molecule has 1 aromatic carbocycles. The summed E-state index contributed by atoms with van der Waals surface area (Å²) in [7, 11) is 1.67. The highest BCUT2D eigenvalue weighted by Gasteiger charge is 2.12. The summed E-state index contributed by atoms with van der Waals surface area (Å²) in [5.74, 6) is 0.465. The van der Waals surface area contributed by atoms with Crippen molar-refractivity contribution in [2.45, 2.75) is 19.6 Å². The fourth-order valence-corrected chi connectivity index (χ4v) is 1.87. The number of aromatic nitrogens is 2. The normalized spacial score (nSPS) is 13.2. The Morgan fingerprint density at radius 2 is 2.31 bits per heavy atom. The van der Waals surface area contributed by atoms with Gasteiger partial charge in [0, 0.05) is 7.11 Å².